The Labute approximate surface area is 179 Å². The summed E-state index contributed by atoms with van der Waals surface area (Å²) in [5.74, 6) is -1.37. The summed E-state index contributed by atoms with van der Waals surface area (Å²) in [6.45, 7) is 4.66. The second-order valence-electron chi connectivity index (χ2n) is 7.34. The van der Waals surface area contributed by atoms with Gasteiger partial charge in [0.05, 0.1) is 17.8 Å². The predicted octanol–water partition coefficient (Wildman–Crippen LogP) is 2.04. The molecule has 3 atom stereocenters. The number of rotatable bonds is 7. The monoisotopic (exact) mass is 428 g/mol. The zero-order valence-electron chi connectivity index (χ0n) is 17.5. The minimum Gasteiger partial charge on any atom is -0.465 e. The lowest BCUT2D eigenvalue weighted by atomic mass is 9.95. The second kappa shape index (κ2) is 9.38. The number of carbonyl (C=O) groups excluding carboxylic acids is 3. The van der Waals surface area contributed by atoms with Crippen LogP contribution in [-0.2, 0) is 14.3 Å². The van der Waals surface area contributed by atoms with E-state index in [1.165, 1.54) is 36.4 Å². The Morgan fingerprint density at radius 3 is 2.48 bits per heavy atom. The van der Waals surface area contributed by atoms with Gasteiger partial charge < -0.3 is 24.4 Å². The number of Topliss-reactive ketones (excluding diaryl/α,β-unsaturated/α-hetero) is 2. The first-order valence-electron chi connectivity index (χ1n) is 9.88. The highest BCUT2D eigenvalue weighted by Crippen LogP contribution is 2.34. The number of hydrogen-bond donors (Lipinski definition) is 2. The molecule has 0 saturated heterocycles. The molecule has 31 heavy (non-hydrogen) atoms. The number of aliphatic hydroxyl groups is 2. The van der Waals surface area contributed by atoms with Gasteiger partial charge in [-0.2, -0.15) is 0 Å². The molecule has 0 fully saturated rings. The van der Waals surface area contributed by atoms with Crippen LogP contribution in [0.25, 0.3) is 0 Å². The molecule has 1 aliphatic carbocycles. The molecule has 1 aliphatic heterocycles. The van der Waals surface area contributed by atoms with Crippen molar-refractivity contribution in [3.05, 3.63) is 58.9 Å². The Balaban J connectivity index is 1.83. The molecule has 0 aromatic heterocycles. The van der Waals surface area contributed by atoms with Crippen LogP contribution in [0.4, 0.5) is 0 Å². The molecule has 0 bridgehead atoms. The number of allylic oxidation sites excluding steroid dienone is 6. The van der Waals surface area contributed by atoms with Crippen molar-refractivity contribution in [3.63, 3.8) is 0 Å². The molecule has 1 heterocycles. The van der Waals surface area contributed by atoms with Gasteiger partial charge in [0.15, 0.2) is 17.8 Å². The fourth-order valence-corrected chi connectivity index (χ4v) is 3.23. The van der Waals surface area contributed by atoms with Crippen molar-refractivity contribution < 1.29 is 38.8 Å². The van der Waals surface area contributed by atoms with Crippen LogP contribution in [0.1, 0.15) is 37.6 Å². The first kappa shape index (κ1) is 22.6. The first-order valence-corrected chi connectivity index (χ1v) is 9.88. The number of ketones is 3. The fourth-order valence-electron chi connectivity index (χ4n) is 3.23. The Bertz CT molecular complexity index is 999. The van der Waals surface area contributed by atoms with Crippen molar-refractivity contribution in [1.29, 1.82) is 0 Å². The average Bonchev–Trinajstić information content (AvgIpc) is 2.72. The SMILES string of the molecule is CC1=C/C(=C2/Oc3cc(OC(C)OC(CCO)C(C)O)ccc3C(=O)C2=O)C=CC1=O. The molecule has 8 nitrogen and oxygen atoms in total. The normalized spacial score (nSPS) is 21.2. The van der Waals surface area contributed by atoms with Crippen LogP contribution in [0.3, 0.4) is 0 Å². The molecule has 2 aliphatic rings. The maximum atomic E-state index is 12.5. The van der Waals surface area contributed by atoms with Crippen LogP contribution in [-0.4, -0.2) is 52.7 Å². The number of fused-ring (bicyclic) bond motifs is 1. The van der Waals surface area contributed by atoms with Crippen molar-refractivity contribution >= 4 is 17.3 Å². The highest BCUT2D eigenvalue weighted by atomic mass is 16.7. The van der Waals surface area contributed by atoms with Crippen molar-refractivity contribution in [2.75, 3.05) is 6.61 Å². The minimum atomic E-state index is -0.796. The van der Waals surface area contributed by atoms with Crippen LogP contribution < -0.4 is 9.47 Å². The lowest BCUT2D eigenvalue weighted by Gasteiger charge is -2.25. The maximum Gasteiger partial charge on any atom is 0.269 e. The Kier molecular flexibility index (Phi) is 6.84. The maximum absolute atomic E-state index is 12.5. The van der Waals surface area contributed by atoms with E-state index >= 15 is 0 Å². The topological polar surface area (TPSA) is 119 Å². The van der Waals surface area contributed by atoms with Gasteiger partial charge in [0.25, 0.3) is 5.78 Å². The van der Waals surface area contributed by atoms with Crippen LogP contribution in [0.2, 0.25) is 0 Å². The van der Waals surface area contributed by atoms with Crippen molar-refractivity contribution in [2.45, 2.75) is 45.7 Å². The van der Waals surface area contributed by atoms with Crippen LogP contribution in [0.5, 0.6) is 11.5 Å². The van der Waals surface area contributed by atoms with Gasteiger partial charge in [-0.15, -0.1) is 0 Å². The lowest BCUT2D eigenvalue weighted by molar-refractivity contribution is -0.143. The van der Waals surface area contributed by atoms with Gasteiger partial charge >= 0.3 is 0 Å². The molecule has 0 spiro atoms. The molecule has 3 rings (SSSR count). The van der Waals surface area contributed by atoms with E-state index in [0.29, 0.717) is 16.9 Å². The minimum absolute atomic E-state index is 0.106. The van der Waals surface area contributed by atoms with Gasteiger partial charge in [-0.25, -0.2) is 0 Å². The summed E-state index contributed by atoms with van der Waals surface area (Å²) in [6, 6.07) is 4.41. The quantitative estimate of drug-likeness (QED) is 0.385. The molecule has 3 unspecified atom stereocenters. The molecule has 1 aromatic carbocycles. The van der Waals surface area contributed by atoms with Crippen molar-refractivity contribution in [1.82, 2.24) is 0 Å². The van der Waals surface area contributed by atoms with E-state index in [2.05, 4.69) is 0 Å². The van der Waals surface area contributed by atoms with Gasteiger partial charge in [0.1, 0.15) is 11.5 Å². The third kappa shape index (κ3) is 4.99. The number of hydrogen-bond acceptors (Lipinski definition) is 8. The van der Waals surface area contributed by atoms with Crippen LogP contribution in [0, 0.1) is 0 Å². The molecule has 2 N–H and O–H groups in total. The van der Waals surface area contributed by atoms with Gasteiger partial charge in [-0.05, 0) is 63.1 Å². The highest BCUT2D eigenvalue weighted by molar-refractivity contribution is 6.50. The van der Waals surface area contributed by atoms with Gasteiger partial charge in [0, 0.05) is 18.2 Å². The number of aliphatic hydroxyl groups excluding tert-OH is 2. The average molecular weight is 428 g/mol. The molecular formula is C23H24O8. The zero-order valence-corrected chi connectivity index (χ0v) is 17.5. The first-order chi connectivity index (χ1) is 14.7. The largest absolute Gasteiger partial charge is 0.465 e. The fraction of sp³-hybridized carbons (Fsp3) is 0.348. The summed E-state index contributed by atoms with van der Waals surface area (Å²) >= 11 is 0. The van der Waals surface area contributed by atoms with E-state index in [1.54, 1.807) is 20.8 Å². The molecule has 0 radical (unpaired) electrons. The third-order valence-electron chi connectivity index (χ3n) is 4.88. The van der Waals surface area contributed by atoms with E-state index in [0.717, 1.165) is 0 Å². The molecule has 0 saturated carbocycles. The molecule has 164 valence electrons. The molecule has 0 amide bonds. The van der Waals surface area contributed by atoms with E-state index in [1.807, 2.05) is 0 Å². The van der Waals surface area contributed by atoms with Gasteiger partial charge in [-0.3, -0.25) is 14.4 Å². The van der Waals surface area contributed by atoms with Crippen LogP contribution in [0.15, 0.2) is 53.3 Å². The summed E-state index contributed by atoms with van der Waals surface area (Å²) in [6.07, 6.45) is 2.33. The summed E-state index contributed by atoms with van der Waals surface area (Å²) in [7, 11) is 0. The highest BCUT2D eigenvalue weighted by Gasteiger charge is 2.34. The van der Waals surface area contributed by atoms with Gasteiger partial charge in [-0.1, -0.05) is 0 Å². The van der Waals surface area contributed by atoms with E-state index in [-0.39, 0.29) is 35.9 Å². The van der Waals surface area contributed by atoms with E-state index in [4.69, 9.17) is 19.3 Å². The predicted molar refractivity (Wildman–Crippen MR) is 110 cm³/mol. The Morgan fingerprint density at radius 2 is 1.84 bits per heavy atom. The van der Waals surface area contributed by atoms with E-state index < -0.39 is 30.1 Å². The number of carbonyl (C=O) groups is 3. The smallest absolute Gasteiger partial charge is 0.269 e. The third-order valence-corrected chi connectivity index (χ3v) is 4.88. The molecule has 1 aromatic rings. The standard InChI is InChI=1S/C23H24O8/c1-12-10-15(4-7-18(12)26)23-22(28)21(27)17-6-5-16(11-20(17)31-23)29-14(3)30-19(8-9-24)13(2)25/h4-7,10-11,13-14,19,24-25H,8-9H2,1-3H3/b23-15+. The number of benzene rings is 1. The zero-order chi connectivity index (χ0) is 22.7. The lowest BCUT2D eigenvalue weighted by Crippen LogP contribution is -2.33. The van der Waals surface area contributed by atoms with Crippen LogP contribution >= 0.6 is 0 Å². The Morgan fingerprint density at radius 1 is 1.10 bits per heavy atom. The summed E-state index contributed by atoms with van der Waals surface area (Å²) in [4.78, 5) is 36.7. The molecule has 8 heteroatoms. The Hall–Kier alpha value is -3.07. The van der Waals surface area contributed by atoms with Gasteiger partial charge in [0.2, 0.25) is 5.78 Å². The summed E-state index contributed by atoms with van der Waals surface area (Å²) in [5.41, 5.74) is 0.875. The van der Waals surface area contributed by atoms with E-state index in [9.17, 15) is 19.5 Å². The number of ether oxygens (including phenoxy) is 3. The van der Waals surface area contributed by atoms with Crippen molar-refractivity contribution in [2.24, 2.45) is 0 Å². The van der Waals surface area contributed by atoms with Crippen molar-refractivity contribution in [3.8, 4) is 11.5 Å². The second-order valence-corrected chi connectivity index (χ2v) is 7.34. The summed E-state index contributed by atoms with van der Waals surface area (Å²) < 4.78 is 17.1. The summed E-state index contributed by atoms with van der Waals surface area (Å²) in [5, 5.41) is 18.8. The molecular weight excluding hydrogens is 404 g/mol.